The van der Waals surface area contributed by atoms with Gasteiger partial charge in [0.25, 0.3) is 5.91 Å². The van der Waals surface area contributed by atoms with Gasteiger partial charge in [-0.25, -0.2) is 0 Å². The maximum atomic E-state index is 13.2. The number of para-hydroxylation sites is 1. The molecule has 1 aliphatic heterocycles. The molecule has 0 saturated carbocycles. The minimum Gasteiger partial charge on any atom is -0.484 e. The van der Waals surface area contributed by atoms with Crippen LogP contribution in [-0.2, 0) is 9.59 Å². The monoisotopic (exact) mass is 450 g/mol. The van der Waals surface area contributed by atoms with E-state index in [-0.39, 0.29) is 25.0 Å². The van der Waals surface area contributed by atoms with Gasteiger partial charge in [0, 0.05) is 15.7 Å². The molecule has 0 spiro atoms. The number of amides is 2. The molecule has 1 atom stereocenters. The molecule has 3 aromatic carbocycles. The second-order valence-corrected chi connectivity index (χ2v) is 7.63. The number of anilines is 1. The Morgan fingerprint density at radius 3 is 2.45 bits per heavy atom. The van der Waals surface area contributed by atoms with Crippen LogP contribution in [0.25, 0.3) is 0 Å². The van der Waals surface area contributed by atoms with Crippen LogP contribution in [0.1, 0.15) is 17.2 Å². The highest BCUT2D eigenvalue weighted by Crippen LogP contribution is 2.37. The number of fused-ring (bicyclic) bond motifs is 1. The molecule has 1 N–H and O–H groups in total. The Labute approximate surface area is 177 Å². The van der Waals surface area contributed by atoms with Crippen LogP contribution in [0.5, 0.6) is 5.75 Å². The van der Waals surface area contributed by atoms with Crippen molar-refractivity contribution in [2.75, 3.05) is 18.5 Å². The lowest BCUT2D eigenvalue weighted by Crippen LogP contribution is -2.41. The van der Waals surface area contributed by atoms with Crippen LogP contribution in [0, 0.1) is 0 Å². The Hall–Kier alpha value is -3.12. The van der Waals surface area contributed by atoms with Crippen molar-refractivity contribution in [3.63, 3.8) is 0 Å². The summed E-state index contributed by atoms with van der Waals surface area (Å²) in [7, 11) is 0. The van der Waals surface area contributed by atoms with E-state index in [0.717, 1.165) is 15.6 Å². The Kier molecular flexibility index (Phi) is 5.62. The van der Waals surface area contributed by atoms with Gasteiger partial charge >= 0.3 is 0 Å². The van der Waals surface area contributed by atoms with E-state index < -0.39 is 6.04 Å². The summed E-state index contributed by atoms with van der Waals surface area (Å²) in [6.07, 6.45) is 0. The molecule has 0 radical (unpaired) electrons. The number of ether oxygens (including phenoxy) is 1. The molecule has 3 aromatic rings. The molecule has 1 heterocycles. The number of hydrogen-bond acceptors (Lipinski definition) is 3. The highest BCUT2D eigenvalue weighted by Gasteiger charge is 2.33. The van der Waals surface area contributed by atoms with Crippen LogP contribution >= 0.6 is 15.9 Å². The lowest BCUT2D eigenvalue weighted by Gasteiger charge is -2.30. The number of carbonyl (C=O) groups is 2. The molecular weight excluding hydrogens is 432 g/mol. The summed E-state index contributed by atoms with van der Waals surface area (Å²) in [6, 6.07) is 24.1. The van der Waals surface area contributed by atoms with Crippen molar-refractivity contribution in [3.8, 4) is 5.75 Å². The minimum atomic E-state index is -0.408. The van der Waals surface area contributed by atoms with Crippen molar-refractivity contribution in [1.82, 2.24) is 4.90 Å². The molecule has 0 aliphatic carbocycles. The summed E-state index contributed by atoms with van der Waals surface area (Å²) in [4.78, 5) is 27.3. The van der Waals surface area contributed by atoms with Crippen molar-refractivity contribution in [1.29, 1.82) is 0 Å². The van der Waals surface area contributed by atoms with Crippen molar-refractivity contribution in [3.05, 3.63) is 94.5 Å². The molecule has 0 unspecified atom stereocenters. The van der Waals surface area contributed by atoms with Gasteiger partial charge in [-0.05, 0) is 35.9 Å². The third kappa shape index (κ3) is 4.32. The largest absolute Gasteiger partial charge is 0.484 e. The van der Waals surface area contributed by atoms with Gasteiger partial charge in [-0.15, -0.1) is 0 Å². The topological polar surface area (TPSA) is 58.6 Å². The van der Waals surface area contributed by atoms with E-state index in [1.807, 2.05) is 66.7 Å². The standard InChI is InChI=1S/C23H19BrN2O3/c24-17-11-12-20-19(13-17)23(16-7-3-1-4-8-16)26(14-21(27)25-20)22(28)15-29-18-9-5-2-6-10-18/h1-13,23H,14-15H2,(H,25,27)/t23-/m0/s1. The zero-order valence-corrected chi connectivity index (χ0v) is 17.1. The Morgan fingerprint density at radius 2 is 1.72 bits per heavy atom. The number of benzene rings is 3. The van der Waals surface area contributed by atoms with Crippen LogP contribution in [0.4, 0.5) is 5.69 Å². The normalized spacial score (nSPS) is 15.8. The quantitative estimate of drug-likeness (QED) is 0.640. The second kappa shape index (κ2) is 8.49. The first-order valence-electron chi connectivity index (χ1n) is 9.23. The fourth-order valence-electron chi connectivity index (χ4n) is 3.45. The van der Waals surface area contributed by atoms with Gasteiger partial charge in [-0.1, -0.05) is 64.5 Å². The summed E-state index contributed by atoms with van der Waals surface area (Å²) in [5.74, 6) is 0.116. The molecule has 4 rings (SSSR count). The molecule has 146 valence electrons. The maximum absolute atomic E-state index is 13.2. The minimum absolute atomic E-state index is 0.0527. The zero-order valence-electron chi connectivity index (χ0n) is 15.5. The van der Waals surface area contributed by atoms with Gasteiger partial charge in [0.2, 0.25) is 5.91 Å². The first-order valence-corrected chi connectivity index (χ1v) is 10.0. The van der Waals surface area contributed by atoms with E-state index in [2.05, 4.69) is 21.2 Å². The maximum Gasteiger partial charge on any atom is 0.261 e. The van der Waals surface area contributed by atoms with E-state index in [1.165, 1.54) is 0 Å². The zero-order chi connectivity index (χ0) is 20.2. The Bertz CT molecular complexity index is 1020. The SMILES string of the molecule is O=C1CN(C(=O)COc2ccccc2)[C@@H](c2ccccc2)c2cc(Br)ccc2N1. The number of halogens is 1. The summed E-state index contributed by atoms with van der Waals surface area (Å²) >= 11 is 3.51. The average Bonchev–Trinajstić information content (AvgIpc) is 2.89. The molecule has 2 amide bonds. The van der Waals surface area contributed by atoms with Gasteiger partial charge in [-0.2, -0.15) is 0 Å². The van der Waals surface area contributed by atoms with Gasteiger partial charge in [0.1, 0.15) is 12.3 Å². The van der Waals surface area contributed by atoms with Crippen LogP contribution < -0.4 is 10.1 Å². The highest BCUT2D eigenvalue weighted by molar-refractivity contribution is 9.10. The molecule has 5 nitrogen and oxygen atoms in total. The van der Waals surface area contributed by atoms with Crippen molar-refractivity contribution < 1.29 is 14.3 Å². The van der Waals surface area contributed by atoms with Gasteiger partial charge < -0.3 is 15.0 Å². The fraction of sp³-hybridized carbons (Fsp3) is 0.130. The predicted octanol–water partition coefficient (Wildman–Crippen LogP) is 4.40. The van der Waals surface area contributed by atoms with Crippen LogP contribution in [0.3, 0.4) is 0 Å². The highest BCUT2D eigenvalue weighted by atomic mass is 79.9. The van der Waals surface area contributed by atoms with E-state index in [9.17, 15) is 9.59 Å². The third-order valence-electron chi connectivity index (χ3n) is 4.75. The average molecular weight is 451 g/mol. The van der Waals surface area contributed by atoms with E-state index in [1.54, 1.807) is 17.0 Å². The van der Waals surface area contributed by atoms with Gasteiger partial charge in [-0.3, -0.25) is 9.59 Å². The molecule has 0 bridgehead atoms. The molecular formula is C23H19BrN2O3. The van der Waals surface area contributed by atoms with Crippen molar-refractivity contribution in [2.45, 2.75) is 6.04 Å². The van der Waals surface area contributed by atoms with E-state index in [0.29, 0.717) is 11.4 Å². The van der Waals surface area contributed by atoms with Crippen molar-refractivity contribution >= 4 is 33.4 Å². The molecule has 0 fully saturated rings. The molecule has 0 aromatic heterocycles. The third-order valence-corrected chi connectivity index (χ3v) is 5.24. The molecule has 6 heteroatoms. The van der Waals surface area contributed by atoms with Crippen LogP contribution in [0.2, 0.25) is 0 Å². The predicted molar refractivity (Wildman–Crippen MR) is 115 cm³/mol. The van der Waals surface area contributed by atoms with E-state index in [4.69, 9.17) is 4.74 Å². The van der Waals surface area contributed by atoms with Crippen LogP contribution in [-0.4, -0.2) is 29.9 Å². The summed E-state index contributed by atoms with van der Waals surface area (Å²) in [5.41, 5.74) is 2.48. The van der Waals surface area contributed by atoms with Gasteiger partial charge in [0.15, 0.2) is 6.61 Å². The smallest absolute Gasteiger partial charge is 0.261 e. The number of hydrogen-bond donors (Lipinski definition) is 1. The van der Waals surface area contributed by atoms with Crippen LogP contribution in [0.15, 0.2) is 83.3 Å². The first kappa shape index (κ1) is 19.2. The Morgan fingerprint density at radius 1 is 1.03 bits per heavy atom. The summed E-state index contributed by atoms with van der Waals surface area (Å²) in [5, 5.41) is 2.91. The van der Waals surface area contributed by atoms with E-state index >= 15 is 0 Å². The number of nitrogens with one attached hydrogen (secondary N) is 1. The summed E-state index contributed by atoms with van der Waals surface area (Å²) in [6.45, 7) is -0.202. The fourth-order valence-corrected chi connectivity index (χ4v) is 3.83. The summed E-state index contributed by atoms with van der Waals surface area (Å²) < 4.78 is 6.54. The first-order chi connectivity index (χ1) is 14.1. The number of nitrogens with zero attached hydrogens (tertiary/aromatic N) is 1. The Balaban J connectivity index is 1.71. The lowest BCUT2D eigenvalue weighted by atomic mass is 9.96. The molecule has 0 saturated heterocycles. The van der Waals surface area contributed by atoms with Gasteiger partial charge in [0.05, 0.1) is 6.04 Å². The molecule has 1 aliphatic rings. The molecule has 29 heavy (non-hydrogen) atoms. The van der Waals surface area contributed by atoms with Crippen molar-refractivity contribution in [2.24, 2.45) is 0 Å². The number of rotatable bonds is 4. The second-order valence-electron chi connectivity index (χ2n) is 6.72. The lowest BCUT2D eigenvalue weighted by molar-refractivity contribution is -0.138. The number of carbonyl (C=O) groups excluding carboxylic acids is 2.